The molecule has 1 unspecified atom stereocenters. The van der Waals surface area contributed by atoms with E-state index in [-0.39, 0.29) is 6.73 Å². The van der Waals surface area contributed by atoms with Gasteiger partial charge in [-0.05, 0) is 53.6 Å². The molecule has 3 N–H and O–H groups in total. The van der Waals surface area contributed by atoms with E-state index in [0.717, 1.165) is 0 Å². The Kier molecular flexibility index (Phi) is 9.16. The van der Waals surface area contributed by atoms with Crippen molar-refractivity contribution in [3.05, 3.63) is 0 Å². The first-order valence-electron chi connectivity index (χ1n) is 7.08. The number of esters is 2. The first-order chi connectivity index (χ1) is 9.28. The zero-order chi connectivity index (χ0) is 15.6. The Balaban J connectivity index is 0.000000493. The second-order valence-electron chi connectivity index (χ2n) is 5.70. The van der Waals surface area contributed by atoms with Crippen LogP contribution in [0.4, 0.5) is 0 Å². The SMILES string of the molecule is C1CCNCC1.CC(C(=O)OCN)C(=O)OC(C)(C)C. The molecule has 0 radical (unpaired) electrons. The molecule has 20 heavy (non-hydrogen) atoms. The van der Waals surface area contributed by atoms with Gasteiger partial charge in [0.05, 0.1) is 0 Å². The third-order valence-electron chi connectivity index (χ3n) is 2.55. The predicted octanol–water partition coefficient (Wildman–Crippen LogP) is 1.18. The van der Waals surface area contributed by atoms with E-state index in [0.29, 0.717) is 0 Å². The van der Waals surface area contributed by atoms with Gasteiger partial charge in [0.25, 0.3) is 0 Å². The molecule has 1 fully saturated rings. The van der Waals surface area contributed by atoms with Crippen molar-refractivity contribution in [1.82, 2.24) is 5.32 Å². The van der Waals surface area contributed by atoms with Crippen molar-refractivity contribution < 1.29 is 19.1 Å². The highest BCUT2D eigenvalue weighted by Crippen LogP contribution is 2.11. The quantitative estimate of drug-likeness (QED) is 0.460. The maximum absolute atomic E-state index is 11.3. The number of piperidine rings is 1. The number of nitrogens with one attached hydrogen (secondary N) is 1. The van der Waals surface area contributed by atoms with E-state index in [9.17, 15) is 9.59 Å². The highest BCUT2D eigenvalue weighted by molar-refractivity contribution is 5.94. The van der Waals surface area contributed by atoms with Crippen LogP contribution >= 0.6 is 0 Å². The zero-order valence-electron chi connectivity index (χ0n) is 13.0. The van der Waals surface area contributed by atoms with Gasteiger partial charge < -0.3 is 14.8 Å². The van der Waals surface area contributed by atoms with Crippen LogP contribution in [-0.4, -0.2) is 37.4 Å². The van der Waals surface area contributed by atoms with Crippen LogP contribution < -0.4 is 11.1 Å². The van der Waals surface area contributed by atoms with E-state index in [1.807, 2.05) is 0 Å². The van der Waals surface area contributed by atoms with Gasteiger partial charge in [-0.2, -0.15) is 0 Å². The van der Waals surface area contributed by atoms with Gasteiger partial charge in [-0.25, -0.2) is 0 Å². The summed E-state index contributed by atoms with van der Waals surface area (Å²) in [6.45, 7) is 8.88. The van der Waals surface area contributed by atoms with Crippen molar-refractivity contribution >= 4 is 11.9 Å². The van der Waals surface area contributed by atoms with Gasteiger partial charge in [-0.1, -0.05) is 6.42 Å². The van der Waals surface area contributed by atoms with Crippen LogP contribution in [0, 0.1) is 5.92 Å². The fraction of sp³-hybridized carbons (Fsp3) is 0.857. The molecule has 1 aliphatic heterocycles. The molecule has 0 aromatic rings. The Hall–Kier alpha value is -1.14. The van der Waals surface area contributed by atoms with Crippen LogP contribution in [0.25, 0.3) is 0 Å². The number of carbonyl (C=O) groups excluding carboxylic acids is 2. The Morgan fingerprint density at radius 1 is 1.15 bits per heavy atom. The highest BCUT2D eigenvalue weighted by atomic mass is 16.6. The van der Waals surface area contributed by atoms with Crippen LogP contribution in [0.5, 0.6) is 0 Å². The van der Waals surface area contributed by atoms with E-state index in [4.69, 9.17) is 10.5 Å². The van der Waals surface area contributed by atoms with Gasteiger partial charge in [0, 0.05) is 0 Å². The second kappa shape index (κ2) is 9.72. The Morgan fingerprint density at radius 3 is 2.00 bits per heavy atom. The number of carbonyl (C=O) groups is 2. The van der Waals surface area contributed by atoms with Crippen LogP contribution in [0.15, 0.2) is 0 Å². The normalized spacial score (nSPS) is 16.4. The van der Waals surface area contributed by atoms with Gasteiger partial charge in [-0.15, -0.1) is 0 Å². The number of nitrogens with two attached hydrogens (primary N) is 1. The maximum atomic E-state index is 11.3. The fourth-order valence-electron chi connectivity index (χ4n) is 1.50. The predicted molar refractivity (Wildman–Crippen MR) is 76.9 cm³/mol. The highest BCUT2D eigenvalue weighted by Gasteiger charge is 2.28. The first-order valence-corrected chi connectivity index (χ1v) is 7.08. The van der Waals surface area contributed by atoms with E-state index < -0.39 is 23.5 Å². The van der Waals surface area contributed by atoms with Gasteiger partial charge in [-0.3, -0.25) is 15.3 Å². The summed E-state index contributed by atoms with van der Waals surface area (Å²) in [4.78, 5) is 22.4. The van der Waals surface area contributed by atoms with Crippen molar-refractivity contribution in [3.63, 3.8) is 0 Å². The molecule has 0 spiro atoms. The van der Waals surface area contributed by atoms with Gasteiger partial charge in [0.2, 0.25) is 0 Å². The molecule has 0 aromatic heterocycles. The smallest absolute Gasteiger partial charge is 0.321 e. The van der Waals surface area contributed by atoms with Crippen LogP contribution in [0.1, 0.15) is 47.0 Å². The van der Waals surface area contributed by atoms with E-state index in [2.05, 4.69) is 10.1 Å². The van der Waals surface area contributed by atoms with Crippen molar-refractivity contribution in [2.24, 2.45) is 11.7 Å². The molecule has 6 nitrogen and oxygen atoms in total. The number of hydrogen-bond acceptors (Lipinski definition) is 6. The van der Waals surface area contributed by atoms with Gasteiger partial charge in [0.1, 0.15) is 12.3 Å². The Labute approximate surface area is 121 Å². The van der Waals surface area contributed by atoms with Crippen molar-refractivity contribution in [2.45, 2.75) is 52.6 Å². The van der Waals surface area contributed by atoms with Gasteiger partial charge >= 0.3 is 11.9 Å². The van der Waals surface area contributed by atoms with Crippen LogP contribution in [0.2, 0.25) is 0 Å². The topological polar surface area (TPSA) is 90.6 Å². The average Bonchev–Trinajstić information content (AvgIpc) is 2.39. The molecule has 0 aliphatic carbocycles. The molecule has 6 heteroatoms. The molecule has 0 aromatic carbocycles. The fourth-order valence-corrected chi connectivity index (χ4v) is 1.50. The largest absolute Gasteiger partial charge is 0.459 e. The first kappa shape index (κ1) is 18.9. The number of hydrogen-bond donors (Lipinski definition) is 2. The summed E-state index contributed by atoms with van der Waals surface area (Å²) in [5, 5.41) is 3.28. The summed E-state index contributed by atoms with van der Waals surface area (Å²) in [5.41, 5.74) is 4.40. The summed E-state index contributed by atoms with van der Waals surface area (Å²) in [6.07, 6.45) is 4.22. The van der Waals surface area contributed by atoms with Gasteiger partial charge in [0.15, 0.2) is 5.92 Å². The molecule has 1 heterocycles. The summed E-state index contributed by atoms with van der Waals surface area (Å²) < 4.78 is 9.46. The van der Waals surface area contributed by atoms with E-state index >= 15 is 0 Å². The minimum Gasteiger partial charge on any atom is -0.459 e. The summed E-state index contributed by atoms with van der Waals surface area (Å²) in [7, 11) is 0. The molecule has 0 saturated carbocycles. The van der Waals surface area contributed by atoms with E-state index in [1.165, 1.54) is 39.3 Å². The minimum atomic E-state index is -0.933. The second-order valence-corrected chi connectivity index (χ2v) is 5.70. The lowest BCUT2D eigenvalue weighted by atomic mass is 10.1. The Morgan fingerprint density at radius 2 is 1.70 bits per heavy atom. The van der Waals surface area contributed by atoms with Crippen molar-refractivity contribution in [3.8, 4) is 0 Å². The summed E-state index contributed by atoms with van der Waals surface area (Å²) >= 11 is 0. The Bertz CT molecular complexity index is 285. The van der Waals surface area contributed by atoms with Crippen LogP contribution in [0.3, 0.4) is 0 Å². The van der Waals surface area contributed by atoms with E-state index in [1.54, 1.807) is 20.8 Å². The maximum Gasteiger partial charge on any atom is 0.321 e. The molecule has 1 atom stereocenters. The number of ether oxygens (including phenoxy) is 2. The molecule has 1 saturated heterocycles. The number of rotatable bonds is 3. The van der Waals surface area contributed by atoms with Crippen LogP contribution in [-0.2, 0) is 19.1 Å². The van der Waals surface area contributed by atoms with Crippen molar-refractivity contribution in [1.29, 1.82) is 0 Å². The minimum absolute atomic E-state index is 0.230. The lowest BCUT2D eigenvalue weighted by Crippen LogP contribution is -2.32. The third kappa shape index (κ3) is 9.75. The third-order valence-corrected chi connectivity index (χ3v) is 2.55. The average molecular weight is 288 g/mol. The molecule has 1 rings (SSSR count). The van der Waals surface area contributed by atoms with Crippen molar-refractivity contribution in [2.75, 3.05) is 19.8 Å². The molecular formula is C14H28N2O4. The molecule has 118 valence electrons. The monoisotopic (exact) mass is 288 g/mol. The molecular weight excluding hydrogens is 260 g/mol. The molecule has 1 aliphatic rings. The summed E-state index contributed by atoms with van der Waals surface area (Å²) in [5.74, 6) is -2.20. The molecule has 0 amide bonds. The molecule has 0 bridgehead atoms. The standard InChI is InChI=1S/C9H17NO4.C5H11N/c1-6(7(11)13-5-10)8(12)14-9(2,3)4;1-2-4-6-5-3-1/h6H,5,10H2,1-4H3;6H,1-5H2. The lowest BCUT2D eigenvalue weighted by Gasteiger charge is -2.21. The lowest BCUT2D eigenvalue weighted by molar-refractivity contribution is -0.168. The summed E-state index contributed by atoms with van der Waals surface area (Å²) in [6, 6.07) is 0. The zero-order valence-corrected chi connectivity index (χ0v) is 13.0.